The molecule has 3 heterocycles. The lowest BCUT2D eigenvalue weighted by Gasteiger charge is -2.17. The van der Waals surface area contributed by atoms with Crippen LogP contribution in [-0.2, 0) is 11.2 Å². The molecular weight excluding hydrogens is 280 g/mol. The van der Waals surface area contributed by atoms with Crippen molar-refractivity contribution in [3.05, 3.63) is 41.5 Å². The second kappa shape index (κ2) is 6.17. The Balaban J connectivity index is 1.57. The number of hydrogen-bond acceptors (Lipinski definition) is 5. The Bertz CT molecular complexity index is 634. The van der Waals surface area contributed by atoms with Crippen LogP contribution >= 0.6 is 0 Å². The number of nitrogens with one attached hydrogen (secondary N) is 1. The minimum absolute atomic E-state index is 0.130. The second-order valence-electron chi connectivity index (χ2n) is 5.69. The fourth-order valence-electron chi connectivity index (χ4n) is 2.81. The molecule has 1 amide bonds. The van der Waals surface area contributed by atoms with Gasteiger partial charge in [-0.25, -0.2) is 0 Å². The van der Waals surface area contributed by atoms with E-state index in [-0.39, 0.29) is 11.9 Å². The molecule has 116 valence electrons. The van der Waals surface area contributed by atoms with Crippen LogP contribution in [0.15, 0.2) is 29.0 Å². The Morgan fingerprint density at radius 2 is 2.36 bits per heavy atom. The molecule has 1 aliphatic heterocycles. The number of likely N-dealkylation sites (tertiary alicyclic amines) is 1. The molecule has 0 spiro atoms. The molecule has 1 aliphatic rings. The smallest absolute Gasteiger partial charge is 0.227 e. The number of aryl methyl sites for hydroxylation is 2. The van der Waals surface area contributed by atoms with Gasteiger partial charge in [-0.05, 0) is 32.4 Å². The van der Waals surface area contributed by atoms with Gasteiger partial charge in [-0.2, -0.15) is 0 Å². The zero-order valence-electron chi connectivity index (χ0n) is 12.9. The summed E-state index contributed by atoms with van der Waals surface area (Å²) >= 11 is 0. The standard InChI is InChI=1S/C16H20N4O2/c1-11-15(12(2)22-19-11)8-16(21)20-7-5-14(10-20)18-13-4-3-6-17-9-13/h3-4,6,9,14,18H,5,7-8,10H2,1-2H3/t14-/m0/s1. The highest BCUT2D eigenvalue weighted by Crippen LogP contribution is 2.18. The Hall–Kier alpha value is -2.37. The molecule has 0 saturated carbocycles. The zero-order chi connectivity index (χ0) is 15.5. The fraction of sp³-hybridized carbons (Fsp3) is 0.438. The molecule has 3 rings (SSSR count). The van der Waals surface area contributed by atoms with Gasteiger partial charge in [-0.3, -0.25) is 9.78 Å². The molecule has 1 fully saturated rings. The third-order valence-corrected chi connectivity index (χ3v) is 4.08. The van der Waals surface area contributed by atoms with Gasteiger partial charge in [-0.15, -0.1) is 0 Å². The van der Waals surface area contributed by atoms with Crippen LogP contribution in [0.4, 0.5) is 5.69 Å². The number of nitrogens with zero attached hydrogens (tertiary/aromatic N) is 3. The number of anilines is 1. The molecule has 6 nitrogen and oxygen atoms in total. The van der Waals surface area contributed by atoms with Gasteiger partial charge in [0.05, 0.1) is 17.8 Å². The summed E-state index contributed by atoms with van der Waals surface area (Å²) in [6, 6.07) is 4.16. The molecule has 1 saturated heterocycles. The monoisotopic (exact) mass is 300 g/mol. The van der Waals surface area contributed by atoms with Crippen molar-refractivity contribution in [1.29, 1.82) is 0 Å². The first-order chi connectivity index (χ1) is 10.6. The van der Waals surface area contributed by atoms with E-state index in [4.69, 9.17) is 4.52 Å². The van der Waals surface area contributed by atoms with Crippen molar-refractivity contribution < 1.29 is 9.32 Å². The van der Waals surface area contributed by atoms with Crippen LogP contribution in [0.1, 0.15) is 23.4 Å². The van der Waals surface area contributed by atoms with E-state index in [0.717, 1.165) is 42.2 Å². The number of carbonyl (C=O) groups is 1. The Labute approximate surface area is 129 Å². The summed E-state index contributed by atoms with van der Waals surface area (Å²) in [5.41, 5.74) is 2.70. The predicted molar refractivity (Wildman–Crippen MR) is 82.5 cm³/mol. The van der Waals surface area contributed by atoms with E-state index in [2.05, 4.69) is 15.5 Å². The average molecular weight is 300 g/mol. The lowest BCUT2D eigenvalue weighted by molar-refractivity contribution is -0.129. The van der Waals surface area contributed by atoms with E-state index in [1.165, 1.54) is 0 Å². The predicted octanol–water partition coefficient (Wildman–Crippen LogP) is 1.94. The van der Waals surface area contributed by atoms with E-state index in [1.807, 2.05) is 30.9 Å². The lowest BCUT2D eigenvalue weighted by atomic mass is 10.1. The van der Waals surface area contributed by atoms with Crippen LogP contribution in [0.5, 0.6) is 0 Å². The van der Waals surface area contributed by atoms with E-state index in [1.54, 1.807) is 12.4 Å². The molecule has 0 radical (unpaired) electrons. The summed E-state index contributed by atoms with van der Waals surface area (Å²) < 4.78 is 5.12. The van der Waals surface area contributed by atoms with Gasteiger partial charge in [0.1, 0.15) is 5.76 Å². The minimum Gasteiger partial charge on any atom is -0.379 e. The lowest BCUT2D eigenvalue weighted by Crippen LogP contribution is -2.32. The summed E-state index contributed by atoms with van der Waals surface area (Å²) in [7, 11) is 0. The van der Waals surface area contributed by atoms with Crippen molar-refractivity contribution >= 4 is 11.6 Å². The molecule has 1 atom stereocenters. The van der Waals surface area contributed by atoms with Gasteiger partial charge >= 0.3 is 0 Å². The van der Waals surface area contributed by atoms with Crippen molar-refractivity contribution in [3.63, 3.8) is 0 Å². The number of rotatable bonds is 4. The van der Waals surface area contributed by atoms with Gasteiger partial charge in [0.15, 0.2) is 0 Å². The number of aromatic nitrogens is 2. The maximum absolute atomic E-state index is 12.4. The largest absolute Gasteiger partial charge is 0.379 e. The summed E-state index contributed by atoms with van der Waals surface area (Å²) in [5.74, 6) is 0.861. The van der Waals surface area contributed by atoms with Crippen molar-refractivity contribution in [2.45, 2.75) is 32.7 Å². The number of hydrogen-bond donors (Lipinski definition) is 1. The fourth-order valence-corrected chi connectivity index (χ4v) is 2.81. The molecule has 0 aromatic carbocycles. The zero-order valence-corrected chi connectivity index (χ0v) is 12.9. The highest BCUT2D eigenvalue weighted by molar-refractivity contribution is 5.79. The van der Waals surface area contributed by atoms with Crippen LogP contribution in [-0.4, -0.2) is 40.1 Å². The SMILES string of the molecule is Cc1noc(C)c1CC(=O)N1CC[C@H](Nc2cccnc2)C1. The maximum atomic E-state index is 12.4. The van der Waals surface area contributed by atoms with Gasteiger partial charge in [0.25, 0.3) is 0 Å². The molecule has 6 heteroatoms. The van der Waals surface area contributed by atoms with Gasteiger partial charge < -0.3 is 14.7 Å². The Kier molecular flexibility index (Phi) is 4.09. The third-order valence-electron chi connectivity index (χ3n) is 4.08. The van der Waals surface area contributed by atoms with Gasteiger partial charge in [0, 0.05) is 37.1 Å². The normalized spacial score (nSPS) is 17.7. The van der Waals surface area contributed by atoms with Crippen LogP contribution in [0.25, 0.3) is 0 Å². The van der Waals surface area contributed by atoms with Crippen LogP contribution < -0.4 is 5.32 Å². The molecule has 1 N–H and O–H groups in total. The van der Waals surface area contributed by atoms with Crippen molar-refractivity contribution in [3.8, 4) is 0 Å². The van der Waals surface area contributed by atoms with Crippen molar-refractivity contribution in [1.82, 2.24) is 15.0 Å². The Morgan fingerprint density at radius 3 is 3.05 bits per heavy atom. The van der Waals surface area contributed by atoms with E-state index in [9.17, 15) is 4.79 Å². The average Bonchev–Trinajstić information content (AvgIpc) is 3.10. The quantitative estimate of drug-likeness (QED) is 0.934. The van der Waals surface area contributed by atoms with Crippen molar-refractivity contribution in [2.24, 2.45) is 0 Å². The van der Waals surface area contributed by atoms with Crippen LogP contribution in [0.2, 0.25) is 0 Å². The van der Waals surface area contributed by atoms with E-state index in [0.29, 0.717) is 6.42 Å². The highest BCUT2D eigenvalue weighted by Gasteiger charge is 2.27. The maximum Gasteiger partial charge on any atom is 0.227 e. The summed E-state index contributed by atoms with van der Waals surface area (Å²) in [4.78, 5) is 18.4. The molecule has 22 heavy (non-hydrogen) atoms. The number of amides is 1. The summed E-state index contributed by atoms with van der Waals surface area (Å²) in [6.07, 6.45) is 4.86. The number of carbonyl (C=O) groups excluding carboxylic acids is 1. The number of pyridine rings is 1. The van der Waals surface area contributed by atoms with E-state index < -0.39 is 0 Å². The van der Waals surface area contributed by atoms with Gasteiger partial charge in [0.2, 0.25) is 5.91 Å². The molecule has 0 bridgehead atoms. The first-order valence-electron chi connectivity index (χ1n) is 7.49. The molecular formula is C16H20N4O2. The van der Waals surface area contributed by atoms with Crippen LogP contribution in [0, 0.1) is 13.8 Å². The molecule has 0 unspecified atom stereocenters. The molecule has 2 aromatic rings. The summed E-state index contributed by atoms with van der Waals surface area (Å²) in [5, 5.41) is 7.32. The van der Waals surface area contributed by atoms with Crippen molar-refractivity contribution in [2.75, 3.05) is 18.4 Å². The minimum atomic E-state index is 0.130. The Morgan fingerprint density at radius 1 is 1.50 bits per heavy atom. The third kappa shape index (κ3) is 3.10. The van der Waals surface area contributed by atoms with Crippen LogP contribution in [0.3, 0.4) is 0 Å². The topological polar surface area (TPSA) is 71.3 Å². The van der Waals surface area contributed by atoms with E-state index >= 15 is 0 Å². The second-order valence-corrected chi connectivity index (χ2v) is 5.69. The first kappa shape index (κ1) is 14.6. The summed E-state index contributed by atoms with van der Waals surface area (Å²) in [6.45, 7) is 5.21. The molecule has 0 aliphatic carbocycles. The first-order valence-corrected chi connectivity index (χ1v) is 7.49. The highest BCUT2D eigenvalue weighted by atomic mass is 16.5. The molecule has 2 aromatic heterocycles. The van der Waals surface area contributed by atoms with Gasteiger partial charge in [-0.1, -0.05) is 5.16 Å².